The molecule has 0 radical (unpaired) electrons. The Morgan fingerprint density at radius 3 is 2.74 bits per heavy atom. The maximum atomic E-state index is 9.07. The third-order valence-corrected chi connectivity index (χ3v) is 3.99. The van der Waals surface area contributed by atoms with E-state index in [9.17, 15) is 0 Å². The van der Waals surface area contributed by atoms with Crippen molar-refractivity contribution >= 4 is 0 Å². The molecule has 3 heteroatoms. The molecule has 3 nitrogen and oxygen atoms in total. The van der Waals surface area contributed by atoms with Gasteiger partial charge in [0.2, 0.25) is 0 Å². The van der Waals surface area contributed by atoms with Crippen molar-refractivity contribution in [2.45, 2.75) is 44.6 Å². The SMILES string of the molecule is CNC(C)(C#N)CCOc1ccc2c(c1)CCCC2. The molecule has 1 unspecified atom stereocenters. The van der Waals surface area contributed by atoms with Gasteiger partial charge in [0.05, 0.1) is 12.7 Å². The van der Waals surface area contributed by atoms with E-state index >= 15 is 0 Å². The van der Waals surface area contributed by atoms with Crippen LogP contribution in [0.4, 0.5) is 0 Å². The minimum atomic E-state index is -0.506. The van der Waals surface area contributed by atoms with Crippen LogP contribution in [0.2, 0.25) is 0 Å². The van der Waals surface area contributed by atoms with Gasteiger partial charge in [-0.1, -0.05) is 6.07 Å². The summed E-state index contributed by atoms with van der Waals surface area (Å²) in [5.41, 5.74) is 2.39. The molecule has 1 aromatic carbocycles. The first kappa shape index (κ1) is 13.9. The van der Waals surface area contributed by atoms with Crippen molar-refractivity contribution in [3.63, 3.8) is 0 Å². The molecule has 0 bridgehead atoms. The van der Waals surface area contributed by atoms with Crippen LogP contribution in [0.3, 0.4) is 0 Å². The quantitative estimate of drug-likeness (QED) is 0.883. The number of ether oxygens (including phenoxy) is 1. The average Bonchev–Trinajstić information content (AvgIpc) is 2.47. The molecule has 0 heterocycles. The second-order valence-electron chi connectivity index (χ2n) is 5.43. The van der Waals surface area contributed by atoms with Gasteiger partial charge >= 0.3 is 0 Å². The summed E-state index contributed by atoms with van der Waals surface area (Å²) in [6, 6.07) is 8.67. The smallest absolute Gasteiger partial charge is 0.119 e. The summed E-state index contributed by atoms with van der Waals surface area (Å²) in [6.07, 6.45) is 5.62. The van der Waals surface area contributed by atoms with Crippen LogP contribution in [0.5, 0.6) is 5.75 Å². The van der Waals surface area contributed by atoms with Crippen molar-refractivity contribution in [2.24, 2.45) is 0 Å². The van der Waals surface area contributed by atoms with Gasteiger partial charge in [0, 0.05) is 6.42 Å². The Bertz CT molecular complexity index is 478. The molecular formula is C16H22N2O. The molecule has 0 amide bonds. The number of nitrogens with one attached hydrogen (secondary N) is 1. The van der Waals surface area contributed by atoms with Gasteiger partial charge < -0.3 is 10.1 Å². The standard InChI is InChI=1S/C16H22N2O/c1-16(12-17,18-2)9-10-19-15-8-7-13-5-3-4-6-14(13)11-15/h7-8,11,18H,3-6,9-10H2,1-2H3. The van der Waals surface area contributed by atoms with Crippen molar-refractivity contribution < 1.29 is 4.74 Å². The number of benzene rings is 1. The van der Waals surface area contributed by atoms with E-state index in [-0.39, 0.29) is 0 Å². The third kappa shape index (κ3) is 3.48. The fourth-order valence-corrected chi connectivity index (χ4v) is 2.41. The van der Waals surface area contributed by atoms with E-state index in [1.807, 2.05) is 20.0 Å². The summed E-state index contributed by atoms with van der Waals surface area (Å²) in [5, 5.41) is 12.1. The van der Waals surface area contributed by atoms with Gasteiger partial charge in [0.1, 0.15) is 11.3 Å². The van der Waals surface area contributed by atoms with E-state index in [0.29, 0.717) is 13.0 Å². The lowest BCUT2D eigenvalue weighted by Crippen LogP contribution is -2.39. The van der Waals surface area contributed by atoms with E-state index in [1.54, 1.807) is 0 Å². The molecule has 0 aromatic heterocycles. The normalized spacial score (nSPS) is 17.1. The number of hydrogen-bond donors (Lipinski definition) is 1. The maximum absolute atomic E-state index is 9.07. The Kier molecular flexibility index (Phi) is 4.44. The zero-order valence-corrected chi connectivity index (χ0v) is 11.8. The van der Waals surface area contributed by atoms with Gasteiger partial charge in [-0.3, -0.25) is 0 Å². The van der Waals surface area contributed by atoms with Crippen LogP contribution in [0.15, 0.2) is 18.2 Å². The number of fused-ring (bicyclic) bond motifs is 1. The van der Waals surface area contributed by atoms with Crippen molar-refractivity contribution in [3.05, 3.63) is 29.3 Å². The largest absolute Gasteiger partial charge is 0.493 e. The van der Waals surface area contributed by atoms with E-state index in [4.69, 9.17) is 10.00 Å². The number of nitriles is 1. The predicted octanol–water partition coefficient (Wildman–Crippen LogP) is 2.84. The van der Waals surface area contributed by atoms with Gasteiger partial charge in [-0.25, -0.2) is 0 Å². The Hall–Kier alpha value is -1.53. The number of rotatable bonds is 5. The van der Waals surface area contributed by atoms with Crippen LogP contribution in [-0.2, 0) is 12.8 Å². The first-order valence-electron chi connectivity index (χ1n) is 7.02. The number of nitrogens with zero attached hydrogens (tertiary/aromatic N) is 1. The van der Waals surface area contributed by atoms with Crippen LogP contribution < -0.4 is 10.1 Å². The van der Waals surface area contributed by atoms with Crippen LogP contribution in [0.25, 0.3) is 0 Å². The van der Waals surface area contributed by atoms with Crippen molar-refractivity contribution in [1.82, 2.24) is 5.32 Å². The Morgan fingerprint density at radius 2 is 2.05 bits per heavy atom. The molecule has 0 aliphatic heterocycles. The fraction of sp³-hybridized carbons (Fsp3) is 0.562. The van der Waals surface area contributed by atoms with E-state index < -0.39 is 5.54 Å². The van der Waals surface area contributed by atoms with Gasteiger partial charge in [-0.15, -0.1) is 0 Å². The van der Waals surface area contributed by atoms with Crippen LogP contribution in [-0.4, -0.2) is 19.2 Å². The predicted molar refractivity (Wildman–Crippen MR) is 76.3 cm³/mol. The Labute approximate surface area is 115 Å². The van der Waals surface area contributed by atoms with Crippen LogP contribution in [0, 0.1) is 11.3 Å². The molecule has 0 fully saturated rings. The first-order valence-corrected chi connectivity index (χ1v) is 7.02. The van der Waals surface area contributed by atoms with Gasteiger partial charge in [0.25, 0.3) is 0 Å². The van der Waals surface area contributed by atoms with Crippen molar-refractivity contribution in [2.75, 3.05) is 13.7 Å². The summed E-state index contributed by atoms with van der Waals surface area (Å²) < 4.78 is 5.78. The zero-order valence-electron chi connectivity index (χ0n) is 11.8. The van der Waals surface area contributed by atoms with Gasteiger partial charge in [-0.2, -0.15) is 5.26 Å². The van der Waals surface area contributed by atoms with Gasteiger partial charge in [-0.05, 0) is 62.9 Å². The van der Waals surface area contributed by atoms with Gasteiger partial charge in [0.15, 0.2) is 0 Å². The Balaban J connectivity index is 1.92. The lowest BCUT2D eigenvalue weighted by atomic mass is 9.92. The molecule has 19 heavy (non-hydrogen) atoms. The minimum Gasteiger partial charge on any atom is -0.493 e. The fourth-order valence-electron chi connectivity index (χ4n) is 2.41. The van der Waals surface area contributed by atoms with Crippen molar-refractivity contribution in [1.29, 1.82) is 5.26 Å². The average molecular weight is 258 g/mol. The van der Waals surface area contributed by atoms with Crippen LogP contribution >= 0.6 is 0 Å². The molecule has 0 spiro atoms. The highest BCUT2D eigenvalue weighted by atomic mass is 16.5. The highest BCUT2D eigenvalue weighted by Crippen LogP contribution is 2.25. The molecule has 102 valence electrons. The molecule has 2 rings (SSSR count). The zero-order chi connectivity index (χ0) is 13.7. The third-order valence-electron chi connectivity index (χ3n) is 3.99. The minimum absolute atomic E-state index is 0.506. The van der Waals surface area contributed by atoms with Crippen LogP contribution in [0.1, 0.15) is 37.3 Å². The summed E-state index contributed by atoms with van der Waals surface area (Å²) >= 11 is 0. The molecular weight excluding hydrogens is 236 g/mol. The molecule has 1 N–H and O–H groups in total. The van der Waals surface area contributed by atoms with Crippen molar-refractivity contribution in [3.8, 4) is 11.8 Å². The van der Waals surface area contributed by atoms with E-state index in [2.05, 4.69) is 23.5 Å². The second kappa shape index (κ2) is 6.08. The lowest BCUT2D eigenvalue weighted by molar-refractivity contribution is 0.272. The Morgan fingerprint density at radius 1 is 1.32 bits per heavy atom. The molecule has 0 saturated heterocycles. The monoisotopic (exact) mass is 258 g/mol. The lowest BCUT2D eigenvalue weighted by Gasteiger charge is -2.21. The molecule has 0 saturated carbocycles. The molecule has 1 aliphatic carbocycles. The summed E-state index contributed by atoms with van der Waals surface area (Å²) in [6.45, 7) is 2.45. The highest BCUT2D eigenvalue weighted by molar-refractivity contribution is 5.37. The molecule has 1 aliphatic rings. The highest BCUT2D eigenvalue weighted by Gasteiger charge is 2.20. The topological polar surface area (TPSA) is 45.0 Å². The summed E-state index contributed by atoms with van der Waals surface area (Å²) in [5.74, 6) is 0.928. The summed E-state index contributed by atoms with van der Waals surface area (Å²) in [7, 11) is 1.81. The number of aryl methyl sites for hydroxylation is 2. The molecule has 1 atom stereocenters. The summed E-state index contributed by atoms with van der Waals surface area (Å²) in [4.78, 5) is 0. The first-order chi connectivity index (χ1) is 9.17. The molecule has 1 aromatic rings. The van der Waals surface area contributed by atoms with E-state index in [1.165, 1.54) is 36.8 Å². The maximum Gasteiger partial charge on any atom is 0.119 e. The second-order valence-corrected chi connectivity index (χ2v) is 5.43. The number of hydrogen-bond acceptors (Lipinski definition) is 3. The van der Waals surface area contributed by atoms with E-state index in [0.717, 1.165) is 5.75 Å².